The molecule has 158 valence electrons. The fourth-order valence-electron chi connectivity index (χ4n) is 2.82. The van der Waals surface area contributed by atoms with Gasteiger partial charge < -0.3 is 29.7 Å². The molecule has 0 saturated heterocycles. The summed E-state index contributed by atoms with van der Waals surface area (Å²) in [6, 6.07) is 3.69. The number of benzene rings is 1. The number of nitrogens with one attached hydrogen (secondary N) is 1. The first-order valence-corrected chi connectivity index (χ1v) is 10.7. The number of carbonyl (C=O) groups excluding carboxylic acids is 1. The van der Waals surface area contributed by atoms with Crippen LogP contribution in [0.1, 0.15) is 29.8 Å². The minimum absolute atomic E-state index is 0.0251. The van der Waals surface area contributed by atoms with Crippen LogP contribution in [0.5, 0.6) is 17.2 Å². The summed E-state index contributed by atoms with van der Waals surface area (Å²) >= 11 is 0. The average Bonchev–Trinajstić information content (AvgIpc) is 2.77. The monoisotopic (exact) mass is 425 g/mol. The predicted molar refractivity (Wildman–Crippen MR) is 108 cm³/mol. The average molecular weight is 425 g/mol. The number of phenolic OH excluding ortho intramolecular Hbond substituents is 2. The zero-order chi connectivity index (χ0) is 21.8. The van der Waals surface area contributed by atoms with E-state index in [-0.39, 0.29) is 42.3 Å². The lowest BCUT2D eigenvalue weighted by Crippen LogP contribution is -2.26. The molecule has 2 aromatic rings. The van der Waals surface area contributed by atoms with Crippen molar-refractivity contribution < 1.29 is 33.7 Å². The van der Waals surface area contributed by atoms with Crippen molar-refractivity contribution in [3.8, 4) is 17.2 Å². The summed E-state index contributed by atoms with van der Waals surface area (Å²) < 4.78 is 22.7. The Bertz CT molecular complexity index is 1030. The number of carbonyl (C=O) groups is 1. The zero-order valence-corrected chi connectivity index (χ0v) is 17.3. The highest BCUT2D eigenvalue weighted by Crippen LogP contribution is 2.47. The second-order valence-corrected chi connectivity index (χ2v) is 8.42. The maximum atomic E-state index is 12.5. The summed E-state index contributed by atoms with van der Waals surface area (Å²) in [6.45, 7) is 5.24. The second kappa shape index (κ2) is 9.26. The van der Waals surface area contributed by atoms with Gasteiger partial charge in [0.15, 0.2) is 17.2 Å². The van der Waals surface area contributed by atoms with Gasteiger partial charge in [-0.3, -0.25) is 14.2 Å². The van der Waals surface area contributed by atoms with Crippen LogP contribution in [0.25, 0.3) is 10.8 Å². The Kier molecular flexibility index (Phi) is 7.24. The molecule has 0 saturated carbocycles. The van der Waals surface area contributed by atoms with Crippen molar-refractivity contribution in [2.75, 3.05) is 25.9 Å². The molecule has 29 heavy (non-hydrogen) atoms. The third-order valence-electron chi connectivity index (χ3n) is 4.14. The van der Waals surface area contributed by atoms with E-state index < -0.39 is 36.2 Å². The number of fused-ring (bicyclic) bond motifs is 1. The maximum absolute atomic E-state index is 12.5. The summed E-state index contributed by atoms with van der Waals surface area (Å²) in [6.07, 6.45) is -0.0489. The highest BCUT2D eigenvalue weighted by molar-refractivity contribution is 7.53. The molecule has 0 atom stereocenters. The Hall–Kier alpha value is -2.61. The van der Waals surface area contributed by atoms with Gasteiger partial charge in [0.1, 0.15) is 0 Å². The van der Waals surface area contributed by atoms with Gasteiger partial charge >= 0.3 is 7.60 Å². The highest BCUT2D eigenvalue weighted by Gasteiger charge is 2.23. The van der Waals surface area contributed by atoms with E-state index in [2.05, 4.69) is 5.32 Å². The summed E-state index contributed by atoms with van der Waals surface area (Å²) in [5.74, 6) is -2.55. The fourth-order valence-corrected chi connectivity index (χ4v) is 4.32. The van der Waals surface area contributed by atoms with Gasteiger partial charge in [0.2, 0.25) is 5.43 Å². The maximum Gasteiger partial charge on any atom is 0.332 e. The van der Waals surface area contributed by atoms with Gasteiger partial charge in [-0.2, -0.15) is 0 Å². The minimum atomic E-state index is -3.33. The molecular formula is C19H24NO8P. The standard InChI is InChI=1S/C19H24NO8P/c1-4-27-29(26,28-5-2)7-6-20-19(25)13-9-12-8-11(3)16(22)18(24)15(12)17(23)14(21)10-13/h8-10,22,24H,4-7H2,1-3H3,(H,20,25)(H,21,23). The van der Waals surface area contributed by atoms with E-state index in [1.54, 1.807) is 13.8 Å². The van der Waals surface area contributed by atoms with Crippen molar-refractivity contribution in [2.24, 2.45) is 0 Å². The third kappa shape index (κ3) is 5.06. The van der Waals surface area contributed by atoms with Crippen LogP contribution >= 0.6 is 7.60 Å². The summed E-state index contributed by atoms with van der Waals surface area (Å²) in [5.41, 5.74) is -0.688. The molecule has 0 radical (unpaired) electrons. The largest absolute Gasteiger partial charge is 0.504 e. The van der Waals surface area contributed by atoms with Crippen molar-refractivity contribution in [2.45, 2.75) is 20.8 Å². The van der Waals surface area contributed by atoms with Gasteiger partial charge in [-0.05, 0) is 49.9 Å². The molecule has 0 spiro atoms. The van der Waals surface area contributed by atoms with Gasteiger partial charge in [0, 0.05) is 12.1 Å². The molecule has 10 heteroatoms. The topological polar surface area (TPSA) is 142 Å². The molecule has 2 rings (SSSR count). The lowest BCUT2D eigenvalue weighted by molar-refractivity contribution is 0.0955. The van der Waals surface area contributed by atoms with E-state index >= 15 is 0 Å². The van der Waals surface area contributed by atoms with E-state index in [0.29, 0.717) is 5.56 Å². The second-order valence-electron chi connectivity index (χ2n) is 6.24. The molecule has 4 N–H and O–H groups in total. The molecule has 0 heterocycles. The van der Waals surface area contributed by atoms with E-state index in [1.807, 2.05) is 0 Å². The Labute approximate surface area is 167 Å². The molecule has 0 fully saturated rings. The SMILES string of the molecule is CCOP(=O)(CCNC(=O)c1cc(O)c(=O)c2c(O)c(O)c(C)cc2c1)OCC. The molecule has 2 aromatic carbocycles. The van der Waals surface area contributed by atoms with Crippen molar-refractivity contribution in [1.82, 2.24) is 5.32 Å². The van der Waals surface area contributed by atoms with E-state index in [0.717, 1.165) is 6.07 Å². The van der Waals surface area contributed by atoms with Crippen LogP contribution < -0.4 is 10.7 Å². The van der Waals surface area contributed by atoms with Crippen molar-refractivity contribution >= 4 is 24.3 Å². The number of phenols is 2. The van der Waals surface area contributed by atoms with E-state index in [9.17, 15) is 29.5 Å². The molecule has 9 nitrogen and oxygen atoms in total. The predicted octanol–water partition coefficient (Wildman–Crippen LogP) is 2.62. The summed E-state index contributed by atoms with van der Waals surface area (Å²) in [7, 11) is -3.33. The quantitative estimate of drug-likeness (QED) is 0.373. The Morgan fingerprint density at radius 3 is 2.28 bits per heavy atom. The van der Waals surface area contributed by atoms with E-state index in [1.165, 1.54) is 19.1 Å². The Morgan fingerprint density at radius 1 is 1.07 bits per heavy atom. The number of hydrogen-bond donors (Lipinski definition) is 4. The first-order chi connectivity index (χ1) is 13.6. The van der Waals surface area contributed by atoms with Crippen LogP contribution in [-0.2, 0) is 13.6 Å². The molecule has 0 aromatic heterocycles. The van der Waals surface area contributed by atoms with Crippen LogP contribution in [0.2, 0.25) is 0 Å². The van der Waals surface area contributed by atoms with Gasteiger partial charge in [-0.15, -0.1) is 0 Å². The molecule has 0 unspecified atom stereocenters. The first kappa shape index (κ1) is 22.7. The van der Waals surface area contributed by atoms with Gasteiger partial charge in [-0.1, -0.05) is 0 Å². The molecular weight excluding hydrogens is 401 g/mol. The highest BCUT2D eigenvalue weighted by atomic mass is 31.2. The molecule has 0 aliphatic heterocycles. The Morgan fingerprint density at radius 2 is 1.69 bits per heavy atom. The molecule has 0 aliphatic carbocycles. The molecule has 0 aliphatic rings. The first-order valence-electron chi connectivity index (χ1n) is 9.02. The van der Waals surface area contributed by atoms with Gasteiger partial charge in [0.05, 0.1) is 24.8 Å². The Balaban J connectivity index is 2.35. The lowest BCUT2D eigenvalue weighted by atomic mass is 10.1. The van der Waals surface area contributed by atoms with Crippen molar-refractivity contribution in [3.05, 3.63) is 39.5 Å². The van der Waals surface area contributed by atoms with Crippen LogP contribution in [0.3, 0.4) is 0 Å². The van der Waals surface area contributed by atoms with Crippen LogP contribution in [-0.4, -0.2) is 47.1 Å². The summed E-state index contributed by atoms with van der Waals surface area (Å²) in [5, 5.41) is 32.4. The number of hydrogen-bond acceptors (Lipinski definition) is 8. The lowest BCUT2D eigenvalue weighted by Gasteiger charge is -2.17. The number of rotatable bonds is 8. The zero-order valence-electron chi connectivity index (χ0n) is 16.4. The number of aromatic hydroxyl groups is 3. The molecule has 0 bridgehead atoms. The van der Waals surface area contributed by atoms with Gasteiger partial charge in [-0.25, -0.2) is 0 Å². The van der Waals surface area contributed by atoms with E-state index in [4.69, 9.17) is 9.05 Å². The van der Waals surface area contributed by atoms with Gasteiger partial charge in [0.25, 0.3) is 5.91 Å². The smallest absolute Gasteiger partial charge is 0.332 e. The van der Waals surface area contributed by atoms with Crippen molar-refractivity contribution in [3.63, 3.8) is 0 Å². The minimum Gasteiger partial charge on any atom is -0.504 e. The molecule has 1 amide bonds. The van der Waals surface area contributed by atoms with Crippen LogP contribution in [0.4, 0.5) is 0 Å². The van der Waals surface area contributed by atoms with Crippen LogP contribution in [0, 0.1) is 6.92 Å². The third-order valence-corrected chi connectivity index (χ3v) is 6.22. The normalized spacial score (nSPS) is 11.6. The van der Waals surface area contributed by atoms with Crippen LogP contribution in [0.15, 0.2) is 23.0 Å². The number of aryl methyl sites for hydroxylation is 1. The summed E-state index contributed by atoms with van der Waals surface area (Å²) in [4.78, 5) is 24.9. The van der Waals surface area contributed by atoms with Crippen molar-refractivity contribution in [1.29, 1.82) is 0 Å². The fraction of sp³-hybridized carbons (Fsp3) is 0.368. The number of amides is 1.